The SMILES string of the molecule is CC(C)CN=C(N)N1CCOC(CO)C1. The highest BCUT2D eigenvalue weighted by Crippen LogP contribution is 2.04. The first kappa shape index (κ1) is 12.3. The Labute approximate surface area is 90.9 Å². The van der Waals surface area contributed by atoms with Gasteiger partial charge in [0.25, 0.3) is 0 Å². The first-order valence-electron chi connectivity index (χ1n) is 5.40. The van der Waals surface area contributed by atoms with Crippen LogP contribution < -0.4 is 5.73 Å². The number of nitrogens with zero attached hydrogens (tertiary/aromatic N) is 2. The van der Waals surface area contributed by atoms with Gasteiger partial charge in [-0.2, -0.15) is 0 Å². The maximum atomic E-state index is 8.98. The molecule has 1 atom stereocenters. The molecule has 5 nitrogen and oxygen atoms in total. The topological polar surface area (TPSA) is 71.1 Å². The summed E-state index contributed by atoms with van der Waals surface area (Å²) in [4.78, 5) is 6.26. The van der Waals surface area contributed by atoms with Crippen molar-refractivity contribution in [1.29, 1.82) is 0 Å². The molecule has 1 unspecified atom stereocenters. The van der Waals surface area contributed by atoms with Gasteiger partial charge < -0.3 is 20.5 Å². The lowest BCUT2D eigenvalue weighted by Crippen LogP contribution is -2.49. The normalized spacial score (nSPS) is 23.6. The molecular weight excluding hydrogens is 194 g/mol. The van der Waals surface area contributed by atoms with Crippen LogP contribution in [0.3, 0.4) is 0 Å². The van der Waals surface area contributed by atoms with E-state index in [-0.39, 0.29) is 12.7 Å². The lowest BCUT2D eigenvalue weighted by atomic mass is 10.2. The van der Waals surface area contributed by atoms with E-state index in [0.29, 0.717) is 25.0 Å². The molecule has 1 rings (SSSR count). The number of nitrogens with two attached hydrogens (primary N) is 1. The molecule has 0 aromatic rings. The van der Waals surface area contributed by atoms with Gasteiger partial charge in [0.15, 0.2) is 5.96 Å². The minimum absolute atomic E-state index is 0.0357. The van der Waals surface area contributed by atoms with Crippen molar-refractivity contribution < 1.29 is 9.84 Å². The second-order valence-electron chi connectivity index (χ2n) is 4.21. The van der Waals surface area contributed by atoms with Gasteiger partial charge in [-0.05, 0) is 5.92 Å². The number of guanidine groups is 1. The van der Waals surface area contributed by atoms with Crippen LogP contribution in [0.1, 0.15) is 13.8 Å². The Morgan fingerprint density at radius 3 is 3.00 bits per heavy atom. The summed E-state index contributed by atoms with van der Waals surface area (Å²) in [5.41, 5.74) is 5.85. The minimum Gasteiger partial charge on any atom is -0.394 e. The third-order valence-electron chi connectivity index (χ3n) is 2.28. The van der Waals surface area contributed by atoms with Gasteiger partial charge in [-0.3, -0.25) is 4.99 Å². The molecule has 0 amide bonds. The maximum absolute atomic E-state index is 8.98. The van der Waals surface area contributed by atoms with Crippen LogP contribution in [0.25, 0.3) is 0 Å². The quantitative estimate of drug-likeness (QED) is 0.498. The molecule has 0 aromatic carbocycles. The molecule has 3 N–H and O–H groups in total. The molecule has 0 radical (unpaired) electrons. The smallest absolute Gasteiger partial charge is 0.191 e. The zero-order valence-electron chi connectivity index (χ0n) is 9.52. The Hall–Kier alpha value is -0.810. The second-order valence-corrected chi connectivity index (χ2v) is 4.21. The van der Waals surface area contributed by atoms with Gasteiger partial charge in [-0.15, -0.1) is 0 Å². The predicted molar refractivity (Wildman–Crippen MR) is 59.7 cm³/mol. The fourth-order valence-corrected chi connectivity index (χ4v) is 1.41. The number of hydrogen-bond acceptors (Lipinski definition) is 3. The number of rotatable bonds is 3. The third-order valence-corrected chi connectivity index (χ3v) is 2.28. The van der Waals surface area contributed by atoms with E-state index in [4.69, 9.17) is 15.6 Å². The summed E-state index contributed by atoms with van der Waals surface area (Å²) in [6.07, 6.45) is -0.133. The fourth-order valence-electron chi connectivity index (χ4n) is 1.41. The molecule has 1 aliphatic heterocycles. The molecule has 5 heteroatoms. The largest absolute Gasteiger partial charge is 0.394 e. The molecule has 88 valence electrons. The van der Waals surface area contributed by atoms with E-state index in [2.05, 4.69) is 18.8 Å². The predicted octanol–water partition coefficient (Wildman–Crippen LogP) is -0.350. The van der Waals surface area contributed by atoms with Crippen LogP contribution in [-0.2, 0) is 4.74 Å². The lowest BCUT2D eigenvalue weighted by Gasteiger charge is -2.32. The maximum Gasteiger partial charge on any atom is 0.191 e. The van der Waals surface area contributed by atoms with Gasteiger partial charge in [-0.25, -0.2) is 0 Å². The standard InChI is InChI=1S/C10H21N3O2/c1-8(2)5-12-10(11)13-3-4-15-9(6-13)7-14/h8-9,14H,3-7H2,1-2H3,(H2,11,12). The van der Waals surface area contributed by atoms with Crippen molar-refractivity contribution in [2.75, 3.05) is 32.8 Å². The van der Waals surface area contributed by atoms with Crippen molar-refractivity contribution in [2.45, 2.75) is 20.0 Å². The van der Waals surface area contributed by atoms with E-state index in [1.54, 1.807) is 0 Å². The van der Waals surface area contributed by atoms with E-state index in [0.717, 1.165) is 13.1 Å². The summed E-state index contributed by atoms with van der Waals surface area (Å²) in [6.45, 7) is 6.97. The van der Waals surface area contributed by atoms with Crippen LogP contribution in [0.4, 0.5) is 0 Å². The van der Waals surface area contributed by atoms with Gasteiger partial charge in [0.2, 0.25) is 0 Å². The van der Waals surface area contributed by atoms with E-state index in [1.165, 1.54) is 0 Å². The van der Waals surface area contributed by atoms with Crippen molar-refractivity contribution >= 4 is 5.96 Å². The Morgan fingerprint density at radius 2 is 2.40 bits per heavy atom. The lowest BCUT2D eigenvalue weighted by molar-refractivity contribution is -0.0344. The average molecular weight is 215 g/mol. The summed E-state index contributed by atoms with van der Waals surface area (Å²) in [5.74, 6) is 1.07. The highest BCUT2D eigenvalue weighted by Gasteiger charge is 2.20. The number of hydrogen-bond donors (Lipinski definition) is 2. The van der Waals surface area contributed by atoms with Crippen LogP contribution in [-0.4, -0.2) is 54.9 Å². The molecule has 1 aliphatic rings. The van der Waals surface area contributed by atoms with Crippen molar-refractivity contribution in [2.24, 2.45) is 16.6 Å². The van der Waals surface area contributed by atoms with Crippen LogP contribution >= 0.6 is 0 Å². The minimum atomic E-state index is -0.133. The Bertz CT molecular complexity index is 219. The molecule has 1 saturated heterocycles. The summed E-state index contributed by atoms with van der Waals surface area (Å²) in [6, 6.07) is 0. The number of aliphatic imine (C=N–C) groups is 1. The van der Waals surface area contributed by atoms with Gasteiger partial charge in [-0.1, -0.05) is 13.8 Å². The Balaban J connectivity index is 2.44. The summed E-state index contributed by atoms with van der Waals surface area (Å²) in [5, 5.41) is 8.98. The summed E-state index contributed by atoms with van der Waals surface area (Å²) < 4.78 is 5.33. The van der Waals surface area contributed by atoms with Crippen molar-refractivity contribution in [3.63, 3.8) is 0 Å². The van der Waals surface area contributed by atoms with Crippen molar-refractivity contribution in [3.8, 4) is 0 Å². The monoisotopic (exact) mass is 215 g/mol. The van der Waals surface area contributed by atoms with Gasteiger partial charge in [0.1, 0.15) is 0 Å². The Morgan fingerprint density at radius 1 is 1.67 bits per heavy atom. The molecule has 0 aliphatic carbocycles. The zero-order chi connectivity index (χ0) is 11.3. The molecule has 15 heavy (non-hydrogen) atoms. The van der Waals surface area contributed by atoms with Crippen LogP contribution in [0, 0.1) is 5.92 Å². The third kappa shape index (κ3) is 4.05. The molecule has 1 heterocycles. The highest BCUT2D eigenvalue weighted by molar-refractivity contribution is 5.78. The fraction of sp³-hybridized carbons (Fsp3) is 0.900. The number of aliphatic hydroxyl groups is 1. The zero-order valence-corrected chi connectivity index (χ0v) is 9.52. The van der Waals surface area contributed by atoms with Crippen molar-refractivity contribution in [1.82, 2.24) is 4.90 Å². The van der Waals surface area contributed by atoms with E-state index < -0.39 is 0 Å². The van der Waals surface area contributed by atoms with E-state index in [1.807, 2.05) is 4.90 Å². The summed E-state index contributed by atoms with van der Waals surface area (Å²) >= 11 is 0. The Kier molecular flexibility index (Phi) is 4.84. The van der Waals surface area contributed by atoms with Gasteiger partial charge in [0.05, 0.1) is 19.3 Å². The van der Waals surface area contributed by atoms with E-state index >= 15 is 0 Å². The number of aliphatic hydroxyl groups excluding tert-OH is 1. The molecule has 1 fully saturated rings. The van der Waals surface area contributed by atoms with Crippen LogP contribution in [0.2, 0.25) is 0 Å². The molecule has 0 aromatic heterocycles. The molecular formula is C10H21N3O2. The summed E-state index contributed by atoms with van der Waals surface area (Å²) in [7, 11) is 0. The van der Waals surface area contributed by atoms with Crippen LogP contribution in [0.5, 0.6) is 0 Å². The first-order chi connectivity index (χ1) is 7.13. The van der Waals surface area contributed by atoms with Gasteiger partial charge >= 0.3 is 0 Å². The highest BCUT2D eigenvalue weighted by atomic mass is 16.5. The molecule has 0 bridgehead atoms. The molecule has 0 saturated carbocycles. The molecule has 0 spiro atoms. The van der Waals surface area contributed by atoms with Gasteiger partial charge in [0, 0.05) is 19.6 Å². The van der Waals surface area contributed by atoms with E-state index in [9.17, 15) is 0 Å². The first-order valence-corrected chi connectivity index (χ1v) is 5.40. The number of morpholine rings is 1. The van der Waals surface area contributed by atoms with Crippen molar-refractivity contribution in [3.05, 3.63) is 0 Å². The number of ether oxygens (including phenoxy) is 1. The average Bonchev–Trinajstić information content (AvgIpc) is 2.26. The van der Waals surface area contributed by atoms with Crippen LogP contribution in [0.15, 0.2) is 4.99 Å². The second kappa shape index (κ2) is 5.92.